The number of nitrogens with zero attached hydrogens (tertiary/aromatic N) is 2. The normalized spacial score (nSPS) is 10.2. The van der Waals surface area contributed by atoms with Crippen LogP contribution in [0, 0.1) is 0 Å². The van der Waals surface area contributed by atoms with Crippen molar-refractivity contribution in [2.24, 2.45) is 0 Å². The molecule has 0 atom stereocenters. The molecule has 0 aliphatic heterocycles. The van der Waals surface area contributed by atoms with Crippen LogP contribution in [0.15, 0.2) is 30.5 Å². The number of hydrogen-bond donors (Lipinski definition) is 3. The molecular weight excluding hydrogens is 262 g/mol. The Morgan fingerprint density at radius 3 is 2.63 bits per heavy atom. The summed E-state index contributed by atoms with van der Waals surface area (Å²) in [6.45, 7) is 3.38. The Hall–Kier alpha value is -2.01. The van der Waals surface area contributed by atoms with Crippen molar-refractivity contribution in [3.05, 3.63) is 41.0 Å². The van der Waals surface area contributed by atoms with E-state index in [-0.39, 0.29) is 0 Å². The van der Waals surface area contributed by atoms with Crippen molar-refractivity contribution in [3.8, 4) is 0 Å². The lowest BCUT2D eigenvalue weighted by Gasteiger charge is -2.09. The largest absolute Gasteiger partial charge is 0.394 e. The van der Waals surface area contributed by atoms with Crippen LogP contribution in [0.1, 0.15) is 12.5 Å². The first-order valence-corrected chi connectivity index (χ1v) is 6.41. The van der Waals surface area contributed by atoms with Crippen LogP contribution < -0.4 is 16.4 Å². The standard InChI is InChI=1S/C13H16ClN5/c1-2-16-12-11(15)8-18-13(19-12)17-7-9-3-5-10(14)6-4-9/h3-6,8H,2,7,15H2,1H3,(H2,16,17,18,19). The number of anilines is 3. The maximum absolute atomic E-state index is 5.83. The first kappa shape index (κ1) is 13.4. The Balaban J connectivity index is 2.03. The molecule has 0 radical (unpaired) electrons. The van der Waals surface area contributed by atoms with Crippen molar-refractivity contribution in [1.82, 2.24) is 9.97 Å². The van der Waals surface area contributed by atoms with Gasteiger partial charge in [-0.25, -0.2) is 4.98 Å². The van der Waals surface area contributed by atoms with Crippen LogP contribution in [0.5, 0.6) is 0 Å². The van der Waals surface area contributed by atoms with Crippen LogP contribution in [0.3, 0.4) is 0 Å². The number of benzene rings is 1. The molecule has 0 fully saturated rings. The monoisotopic (exact) mass is 277 g/mol. The molecule has 0 saturated heterocycles. The van der Waals surface area contributed by atoms with E-state index in [1.807, 2.05) is 31.2 Å². The van der Waals surface area contributed by atoms with Gasteiger partial charge in [-0.1, -0.05) is 23.7 Å². The van der Waals surface area contributed by atoms with Crippen LogP contribution in [0.2, 0.25) is 5.02 Å². The topological polar surface area (TPSA) is 75.9 Å². The van der Waals surface area contributed by atoms with Gasteiger partial charge in [-0.15, -0.1) is 0 Å². The minimum Gasteiger partial charge on any atom is -0.394 e. The summed E-state index contributed by atoms with van der Waals surface area (Å²) < 4.78 is 0. The van der Waals surface area contributed by atoms with Gasteiger partial charge < -0.3 is 16.4 Å². The summed E-state index contributed by atoms with van der Waals surface area (Å²) in [6, 6.07) is 7.62. The first-order valence-electron chi connectivity index (χ1n) is 6.03. The van der Waals surface area contributed by atoms with Crippen LogP contribution in [0.4, 0.5) is 17.5 Å². The summed E-state index contributed by atoms with van der Waals surface area (Å²) in [4.78, 5) is 8.45. The minimum atomic E-state index is 0.541. The lowest BCUT2D eigenvalue weighted by Crippen LogP contribution is -2.08. The van der Waals surface area contributed by atoms with E-state index in [1.165, 1.54) is 0 Å². The van der Waals surface area contributed by atoms with Crippen LogP contribution in [-0.2, 0) is 6.54 Å². The van der Waals surface area contributed by atoms with E-state index < -0.39 is 0 Å². The van der Waals surface area contributed by atoms with Crippen LogP contribution in [-0.4, -0.2) is 16.5 Å². The van der Waals surface area contributed by atoms with E-state index >= 15 is 0 Å². The minimum absolute atomic E-state index is 0.541. The Labute approximate surface area is 117 Å². The molecule has 0 aliphatic carbocycles. The second kappa shape index (κ2) is 6.24. The molecule has 2 rings (SSSR count). The Kier molecular flexibility index (Phi) is 4.41. The van der Waals surface area contributed by atoms with Gasteiger partial charge in [0.05, 0.1) is 11.9 Å². The molecule has 2 aromatic rings. The molecule has 0 spiro atoms. The quantitative estimate of drug-likeness (QED) is 0.783. The van der Waals surface area contributed by atoms with Crippen molar-refractivity contribution >= 4 is 29.1 Å². The number of rotatable bonds is 5. The zero-order chi connectivity index (χ0) is 13.7. The molecule has 0 bridgehead atoms. The van der Waals surface area contributed by atoms with Crippen molar-refractivity contribution < 1.29 is 0 Å². The third kappa shape index (κ3) is 3.72. The molecule has 1 heterocycles. The molecule has 100 valence electrons. The van der Waals surface area contributed by atoms with E-state index in [9.17, 15) is 0 Å². The fourth-order valence-electron chi connectivity index (χ4n) is 1.57. The van der Waals surface area contributed by atoms with Gasteiger partial charge in [-0.2, -0.15) is 4.98 Å². The van der Waals surface area contributed by atoms with Gasteiger partial charge in [-0.05, 0) is 24.6 Å². The average molecular weight is 278 g/mol. The molecule has 0 amide bonds. The summed E-state index contributed by atoms with van der Waals surface area (Å²) in [5.41, 5.74) is 7.42. The molecular formula is C13H16ClN5. The molecule has 19 heavy (non-hydrogen) atoms. The smallest absolute Gasteiger partial charge is 0.225 e. The van der Waals surface area contributed by atoms with Crippen molar-refractivity contribution in [1.29, 1.82) is 0 Å². The predicted octanol–water partition coefficient (Wildman–Crippen LogP) is 2.76. The Morgan fingerprint density at radius 2 is 1.95 bits per heavy atom. The Bertz CT molecular complexity index is 541. The summed E-state index contributed by atoms with van der Waals surface area (Å²) in [5, 5.41) is 6.96. The number of halogens is 1. The molecule has 0 unspecified atom stereocenters. The van der Waals surface area contributed by atoms with E-state index in [0.29, 0.717) is 24.0 Å². The third-order valence-electron chi connectivity index (χ3n) is 2.53. The van der Waals surface area contributed by atoms with E-state index in [1.54, 1.807) is 6.20 Å². The summed E-state index contributed by atoms with van der Waals surface area (Å²) in [6.07, 6.45) is 1.59. The van der Waals surface area contributed by atoms with E-state index in [0.717, 1.165) is 17.1 Å². The second-order valence-corrected chi connectivity index (χ2v) is 4.44. The van der Waals surface area contributed by atoms with Gasteiger partial charge in [0.2, 0.25) is 5.95 Å². The van der Waals surface area contributed by atoms with Crippen LogP contribution in [0.25, 0.3) is 0 Å². The van der Waals surface area contributed by atoms with Gasteiger partial charge in [0.25, 0.3) is 0 Å². The highest BCUT2D eigenvalue weighted by molar-refractivity contribution is 6.30. The maximum atomic E-state index is 5.83. The number of hydrogen-bond acceptors (Lipinski definition) is 5. The van der Waals surface area contributed by atoms with Gasteiger partial charge in [0, 0.05) is 18.1 Å². The van der Waals surface area contributed by atoms with Crippen molar-refractivity contribution in [2.75, 3.05) is 22.9 Å². The first-order chi connectivity index (χ1) is 9.19. The predicted molar refractivity (Wildman–Crippen MR) is 79.4 cm³/mol. The molecule has 4 N–H and O–H groups in total. The summed E-state index contributed by atoms with van der Waals surface area (Å²) >= 11 is 5.83. The number of nitrogens with two attached hydrogens (primary N) is 1. The highest BCUT2D eigenvalue weighted by atomic mass is 35.5. The van der Waals surface area contributed by atoms with Crippen molar-refractivity contribution in [3.63, 3.8) is 0 Å². The second-order valence-electron chi connectivity index (χ2n) is 4.01. The lowest BCUT2D eigenvalue weighted by atomic mass is 10.2. The van der Waals surface area contributed by atoms with E-state index in [4.69, 9.17) is 17.3 Å². The maximum Gasteiger partial charge on any atom is 0.225 e. The molecule has 1 aromatic heterocycles. The zero-order valence-electron chi connectivity index (χ0n) is 10.7. The lowest BCUT2D eigenvalue weighted by molar-refractivity contribution is 1.05. The Morgan fingerprint density at radius 1 is 1.21 bits per heavy atom. The third-order valence-corrected chi connectivity index (χ3v) is 2.78. The summed E-state index contributed by atoms with van der Waals surface area (Å²) in [7, 11) is 0. The molecule has 0 saturated carbocycles. The average Bonchev–Trinajstić information content (AvgIpc) is 2.42. The fraction of sp³-hybridized carbons (Fsp3) is 0.231. The molecule has 1 aromatic carbocycles. The highest BCUT2D eigenvalue weighted by Crippen LogP contribution is 2.16. The van der Waals surface area contributed by atoms with Crippen LogP contribution >= 0.6 is 11.6 Å². The van der Waals surface area contributed by atoms with Gasteiger partial charge in [-0.3, -0.25) is 0 Å². The SMILES string of the molecule is CCNc1nc(NCc2ccc(Cl)cc2)ncc1N. The molecule has 5 nitrogen and oxygen atoms in total. The number of nitrogen functional groups attached to an aromatic ring is 1. The number of nitrogens with one attached hydrogen (secondary N) is 2. The zero-order valence-corrected chi connectivity index (χ0v) is 11.4. The number of aromatic nitrogens is 2. The molecule has 6 heteroatoms. The van der Waals surface area contributed by atoms with Gasteiger partial charge in [0.15, 0.2) is 5.82 Å². The van der Waals surface area contributed by atoms with Gasteiger partial charge in [0.1, 0.15) is 0 Å². The van der Waals surface area contributed by atoms with Crippen molar-refractivity contribution in [2.45, 2.75) is 13.5 Å². The van der Waals surface area contributed by atoms with Gasteiger partial charge >= 0.3 is 0 Å². The highest BCUT2D eigenvalue weighted by Gasteiger charge is 2.03. The van der Waals surface area contributed by atoms with E-state index in [2.05, 4.69) is 20.6 Å². The molecule has 0 aliphatic rings. The summed E-state index contributed by atoms with van der Waals surface area (Å²) in [5.74, 6) is 1.19. The fourth-order valence-corrected chi connectivity index (χ4v) is 1.69.